The molecule has 6 nitrogen and oxygen atoms in total. The molecule has 0 fully saturated rings. The van der Waals surface area contributed by atoms with E-state index in [2.05, 4.69) is 334 Å². The van der Waals surface area contributed by atoms with Crippen LogP contribution in [0.1, 0.15) is 0 Å². The normalized spacial score (nSPS) is 11.8. The summed E-state index contributed by atoms with van der Waals surface area (Å²) in [6.07, 6.45) is 0. The summed E-state index contributed by atoms with van der Waals surface area (Å²) in [7, 11) is 0. The standard InChI is InChI=1S/C94H56N6/c1-2-16-60-47-63(36-33-57(60)15-1)61-19-11-22-68(48-61)85-45-40-73-55-81(77-41-46-86(100-94(77)93(73)99-85)69-23-12-20-62(49-69)64-39-44-87-75(50-64)54-67-18-4-8-30-82(67)95-87)74-52-65-17-3-5-27-76(65)80(56-74)66-21-13-24-70(51-66)83-42-37-58-34-35-59-38-43-84(98-92(59)91(58)97-83)71-25-14-26-72(53-71)90-78-28-6-9-31-88(78)96-89-32-10-7-29-79(89)90/h1-56H. The largest absolute Gasteiger partial charge is 0.248 e. The van der Waals surface area contributed by atoms with Crippen LogP contribution in [0.25, 0.3) is 209 Å². The summed E-state index contributed by atoms with van der Waals surface area (Å²) >= 11 is 0. The maximum atomic E-state index is 5.70. The van der Waals surface area contributed by atoms with Gasteiger partial charge in [0.25, 0.3) is 0 Å². The van der Waals surface area contributed by atoms with E-state index in [9.17, 15) is 0 Å². The Labute approximate surface area is 575 Å². The molecule has 0 aliphatic rings. The van der Waals surface area contributed by atoms with E-state index >= 15 is 0 Å². The molecule has 0 radical (unpaired) electrons. The molecule has 462 valence electrons. The molecular weight excluding hydrogens is 1210 g/mol. The zero-order valence-corrected chi connectivity index (χ0v) is 54.0. The summed E-state index contributed by atoms with van der Waals surface area (Å²) in [6, 6.07) is 122. The fourth-order valence-electron chi connectivity index (χ4n) is 15.1. The van der Waals surface area contributed by atoms with E-state index in [-0.39, 0.29) is 0 Å². The van der Waals surface area contributed by atoms with Crippen molar-refractivity contribution in [1.82, 2.24) is 29.9 Å². The molecule has 0 aliphatic carbocycles. The highest BCUT2D eigenvalue weighted by atomic mass is 14.8. The second kappa shape index (κ2) is 23.2. The fraction of sp³-hybridized carbons (Fsp3) is 0. The van der Waals surface area contributed by atoms with Crippen LogP contribution in [-0.2, 0) is 0 Å². The smallest absolute Gasteiger partial charge is 0.0978 e. The molecule has 0 N–H and O–H groups in total. The van der Waals surface area contributed by atoms with Crippen molar-refractivity contribution in [3.05, 3.63) is 340 Å². The van der Waals surface area contributed by atoms with E-state index in [1.54, 1.807) is 0 Å². The van der Waals surface area contributed by atoms with Crippen LogP contribution in [0, 0.1) is 0 Å². The summed E-state index contributed by atoms with van der Waals surface area (Å²) < 4.78 is 0. The first-order valence-electron chi connectivity index (χ1n) is 33.9. The average molecular weight is 1270 g/mol. The maximum absolute atomic E-state index is 5.70. The second-order valence-electron chi connectivity index (χ2n) is 26.1. The van der Waals surface area contributed by atoms with Gasteiger partial charge in [0, 0.05) is 70.9 Å². The predicted octanol–water partition coefficient (Wildman–Crippen LogP) is 24.6. The molecule has 0 saturated carbocycles. The van der Waals surface area contributed by atoms with E-state index in [0.29, 0.717) is 0 Å². The number of benzene rings is 14. The number of hydrogen-bond acceptors (Lipinski definition) is 6. The zero-order valence-electron chi connectivity index (χ0n) is 54.0. The highest BCUT2D eigenvalue weighted by Gasteiger charge is 2.20. The van der Waals surface area contributed by atoms with Crippen molar-refractivity contribution in [2.45, 2.75) is 0 Å². The van der Waals surface area contributed by atoms with Gasteiger partial charge >= 0.3 is 0 Å². The topological polar surface area (TPSA) is 77.3 Å². The number of nitrogens with zero attached hydrogens (tertiary/aromatic N) is 6. The molecule has 0 saturated heterocycles. The van der Waals surface area contributed by atoms with E-state index < -0.39 is 0 Å². The number of hydrogen-bond donors (Lipinski definition) is 0. The van der Waals surface area contributed by atoms with Gasteiger partial charge in [0.1, 0.15) is 0 Å². The van der Waals surface area contributed by atoms with E-state index in [1.807, 2.05) is 6.07 Å². The Kier molecular flexibility index (Phi) is 13.2. The number of aromatic nitrogens is 6. The molecule has 0 bridgehead atoms. The Balaban J connectivity index is 0.698. The SMILES string of the molecule is c1cc(-c2ccc3ccccc3c2)cc(-c2ccc3cc(-c4cc(-c5cccc(-c6ccc7ccc8ccc(-c9cccc(-c%10c%11ccccc%11nc%11ccccc%10%11)c9)nc8c7n6)c5)c5ccccc5c4)c4ccc(-c5cccc(-c6ccc7nc8ccccc8cc7c6)c5)nc4c3n2)c1. The van der Waals surface area contributed by atoms with E-state index in [1.165, 1.54) is 16.3 Å². The van der Waals surface area contributed by atoms with Gasteiger partial charge in [0.2, 0.25) is 0 Å². The van der Waals surface area contributed by atoms with Gasteiger partial charge in [-0.2, -0.15) is 0 Å². The van der Waals surface area contributed by atoms with Crippen LogP contribution < -0.4 is 0 Å². The van der Waals surface area contributed by atoms with Gasteiger partial charge in [-0.3, -0.25) is 0 Å². The molecule has 20 rings (SSSR count). The lowest BCUT2D eigenvalue weighted by Crippen LogP contribution is -1.94. The number of para-hydroxylation sites is 3. The average Bonchev–Trinajstić information content (AvgIpc) is 0.753. The molecule has 6 heterocycles. The Morgan fingerprint density at radius 3 is 1.20 bits per heavy atom. The monoisotopic (exact) mass is 1270 g/mol. The summed E-state index contributed by atoms with van der Waals surface area (Å²) in [4.78, 5) is 32.3. The van der Waals surface area contributed by atoms with Crippen molar-refractivity contribution in [2.24, 2.45) is 0 Å². The third kappa shape index (κ3) is 9.88. The first kappa shape index (κ1) is 56.9. The minimum Gasteiger partial charge on any atom is -0.248 e. The molecule has 0 aliphatic heterocycles. The van der Waals surface area contributed by atoms with Crippen LogP contribution in [0.2, 0.25) is 0 Å². The van der Waals surface area contributed by atoms with Gasteiger partial charge in [-0.05, 0) is 187 Å². The van der Waals surface area contributed by atoms with Crippen molar-refractivity contribution in [2.75, 3.05) is 0 Å². The van der Waals surface area contributed by atoms with Crippen LogP contribution in [-0.4, -0.2) is 29.9 Å². The summed E-state index contributed by atoms with van der Waals surface area (Å²) in [6.45, 7) is 0. The van der Waals surface area contributed by atoms with Crippen molar-refractivity contribution in [3.8, 4) is 101 Å². The van der Waals surface area contributed by atoms with Gasteiger partial charge < -0.3 is 0 Å². The molecule has 0 unspecified atom stereocenters. The van der Waals surface area contributed by atoms with Crippen molar-refractivity contribution in [3.63, 3.8) is 0 Å². The Morgan fingerprint density at radius 1 is 0.150 bits per heavy atom. The first-order valence-corrected chi connectivity index (χ1v) is 33.9. The van der Waals surface area contributed by atoms with Crippen molar-refractivity contribution >= 4 is 109 Å². The molecule has 20 aromatic rings. The minimum absolute atomic E-state index is 0.834. The highest BCUT2D eigenvalue weighted by Crippen LogP contribution is 2.43. The number of rotatable bonds is 9. The quantitative estimate of drug-likeness (QED) is 0.106. The molecule has 100 heavy (non-hydrogen) atoms. The lowest BCUT2D eigenvalue weighted by molar-refractivity contribution is 1.36. The zero-order chi connectivity index (χ0) is 65.8. The van der Waals surface area contributed by atoms with Gasteiger partial charge in [0.05, 0.1) is 66.9 Å². The third-order valence-electron chi connectivity index (χ3n) is 20.1. The predicted molar refractivity (Wildman–Crippen MR) is 417 cm³/mol. The maximum Gasteiger partial charge on any atom is 0.0978 e. The molecular formula is C94H56N6. The Hall–Kier alpha value is -13.4. The van der Waals surface area contributed by atoms with Crippen LogP contribution in [0.4, 0.5) is 0 Å². The van der Waals surface area contributed by atoms with Gasteiger partial charge in [0.15, 0.2) is 0 Å². The lowest BCUT2D eigenvalue weighted by Gasteiger charge is -2.16. The molecule has 6 heteroatoms. The van der Waals surface area contributed by atoms with E-state index in [4.69, 9.17) is 29.9 Å². The van der Waals surface area contributed by atoms with Gasteiger partial charge in [-0.25, -0.2) is 29.9 Å². The Morgan fingerprint density at radius 2 is 0.550 bits per heavy atom. The van der Waals surface area contributed by atoms with E-state index in [0.717, 1.165) is 193 Å². The minimum atomic E-state index is 0.834. The van der Waals surface area contributed by atoms with Gasteiger partial charge in [-0.1, -0.05) is 224 Å². The van der Waals surface area contributed by atoms with Crippen molar-refractivity contribution < 1.29 is 0 Å². The summed E-state index contributed by atoms with van der Waals surface area (Å²) in [5.41, 5.74) is 26.1. The molecule has 14 aromatic carbocycles. The fourth-order valence-corrected chi connectivity index (χ4v) is 15.1. The van der Waals surface area contributed by atoms with Crippen LogP contribution in [0.5, 0.6) is 0 Å². The molecule has 0 atom stereocenters. The molecule has 0 amide bonds. The third-order valence-corrected chi connectivity index (χ3v) is 20.1. The first-order chi connectivity index (χ1) is 49.5. The van der Waals surface area contributed by atoms with Crippen molar-refractivity contribution in [1.29, 1.82) is 0 Å². The Bertz CT molecular complexity index is 6760. The van der Waals surface area contributed by atoms with Crippen LogP contribution in [0.15, 0.2) is 340 Å². The van der Waals surface area contributed by atoms with Crippen LogP contribution >= 0.6 is 0 Å². The second-order valence-corrected chi connectivity index (χ2v) is 26.1. The number of fused-ring (bicyclic) bond motifs is 12. The molecule has 6 aromatic heterocycles. The lowest BCUT2D eigenvalue weighted by atomic mass is 9.90. The summed E-state index contributed by atoms with van der Waals surface area (Å²) in [5.74, 6) is 0. The van der Waals surface area contributed by atoms with Crippen LogP contribution in [0.3, 0.4) is 0 Å². The molecule has 0 spiro atoms. The highest BCUT2D eigenvalue weighted by molar-refractivity contribution is 6.14. The number of pyridine rings is 6. The van der Waals surface area contributed by atoms with Gasteiger partial charge in [-0.15, -0.1) is 0 Å². The summed E-state index contributed by atoms with van der Waals surface area (Å²) in [5, 5.41) is 13.3.